The maximum Gasteiger partial charge on any atom is 0.266 e. The minimum absolute atomic E-state index is 0.0457. The van der Waals surface area contributed by atoms with Gasteiger partial charge in [0.1, 0.15) is 17.4 Å². The zero-order valence-corrected chi connectivity index (χ0v) is 15.5. The molecule has 0 heterocycles. The van der Waals surface area contributed by atoms with Crippen LogP contribution in [0.5, 0.6) is 5.75 Å². The summed E-state index contributed by atoms with van der Waals surface area (Å²) >= 11 is 0. The van der Waals surface area contributed by atoms with E-state index in [1.54, 1.807) is 50.5 Å². The first-order valence-electron chi connectivity index (χ1n) is 8.43. The number of rotatable bonds is 6. The molecule has 0 aliphatic carbocycles. The largest absolute Gasteiger partial charge is 0.493 e. The number of nitrogens with one attached hydrogen (secondary N) is 1. The fourth-order valence-corrected chi connectivity index (χ4v) is 2.34. The van der Waals surface area contributed by atoms with Gasteiger partial charge in [0.15, 0.2) is 0 Å². The van der Waals surface area contributed by atoms with Gasteiger partial charge in [-0.05, 0) is 43.3 Å². The third kappa shape index (κ3) is 5.19. The van der Waals surface area contributed by atoms with Crippen LogP contribution in [0.2, 0.25) is 0 Å². The molecule has 0 saturated heterocycles. The summed E-state index contributed by atoms with van der Waals surface area (Å²) in [6.45, 7) is 2.35. The van der Waals surface area contributed by atoms with E-state index in [1.807, 2.05) is 25.1 Å². The topological polar surface area (TPSA) is 82.4 Å². The molecule has 6 heteroatoms. The molecule has 0 saturated carbocycles. The summed E-state index contributed by atoms with van der Waals surface area (Å²) in [7, 11) is 3.34. The summed E-state index contributed by atoms with van der Waals surface area (Å²) in [5, 5.41) is 12.0. The lowest BCUT2D eigenvalue weighted by Crippen LogP contribution is -2.21. The second-order valence-electron chi connectivity index (χ2n) is 5.87. The van der Waals surface area contributed by atoms with E-state index in [2.05, 4.69) is 5.32 Å². The van der Waals surface area contributed by atoms with E-state index in [0.29, 0.717) is 29.2 Å². The molecule has 0 aromatic heterocycles. The van der Waals surface area contributed by atoms with Crippen LogP contribution in [0.1, 0.15) is 22.8 Å². The van der Waals surface area contributed by atoms with Crippen LogP contribution in [0, 0.1) is 11.3 Å². The van der Waals surface area contributed by atoms with Crippen molar-refractivity contribution in [2.24, 2.45) is 0 Å². The predicted octanol–water partition coefficient (Wildman–Crippen LogP) is 3.33. The molecule has 6 nitrogen and oxygen atoms in total. The summed E-state index contributed by atoms with van der Waals surface area (Å²) < 4.78 is 5.51. The maximum absolute atomic E-state index is 12.4. The minimum Gasteiger partial charge on any atom is -0.493 e. The van der Waals surface area contributed by atoms with Gasteiger partial charge < -0.3 is 15.0 Å². The Kier molecular flexibility index (Phi) is 6.73. The number of carbonyl (C=O) groups is 2. The Hall–Kier alpha value is -3.59. The van der Waals surface area contributed by atoms with Gasteiger partial charge in [-0.25, -0.2) is 0 Å². The molecular weight excluding hydrogens is 342 g/mol. The van der Waals surface area contributed by atoms with Crippen molar-refractivity contribution < 1.29 is 14.3 Å². The Balaban J connectivity index is 2.18. The second-order valence-corrected chi connectivity index (χ2v) is 5.87. The Labute approximate surface area is 158 Å². The van der Waals surface area contributed by atoms with Crippen LogP contribution in [0.15, 0.2) is 54.1 Å². The Morgan fingerprint density at radius 2 is 1.81 bits per heavy atom. The lowest BCUT2D eigenvalue weighted by molar-refractivity contribution is -0.112. The molecule has 1 N–H and O–H groups in total. The van der Waals surface area contributed by atoms with Crippen molar-refractivity contribution in [2.75, 3.05) is 26.0 Å². The van der Waals surface area contributed by atoms with Gasteiger partial charge in [-0.1, -0.05) is 18.2 Å². The van der Waals surface area contributed by atoms with Crippen molar-refractivity contribution in [3.8, 4) is 11.8 Å². The summed E-state index contributed by atoms with van der Waals surface area (Å²) in [5.74, 6) is -0.0550. The van der Waals surface area contributed by atoms with Gasteiger partial charge >= 0.3 is 0 Å². The Bertz CT molecular complexity index is 894. The molecular formula is C21H21N3O3. The van der Waals surface area contributed by atoms with Gasteiger partial charge in [-0.2, -0.15) is 5.26 Å². The van der Waals surface area contributed by atoms with E-state index in [1.165, 1.54) is 11.0 Å². The summed E-state index contributed by atoms with van der Waals surface area (Å²) in [6.07, 6.45) is 1.49. The van der Waals surface area contributed by atoms with E-state index >= 15 is 0 Å². The highest BCUT2D eigenvalue weighted by Gasteiger charge is 2.12. The molecule has 138 valence electrons. The van der Waals surface area contributed by atoms with E-state index < -0.39 is 5.91 Å². The molecule has 2 aromatic rings. The quantitative estimate of drug-likeness (QED) is 0.630. The standard InChI is InChI=1S/C21H21N3O3/c1-4-27-19-8-6-5-7-16(19)13-17(14-22)20(25)23-18-11-9-15(10-12-18)21(26)24(2)3/h5-13H,4H2,1-3H3,(H,23,25)/b17-13+. The second kappa shape index (κ2) is 9.20. The molecule has 0 unspecified atom stereocenters. The molecule has 27 heavy (non-hydrogen) atoms. The highest BCUT2D eigenvalue weighted by Crippen LogP contribution is 2.21. The van der Waals surface area contributed by atoms with Crippen molar-refractivity contribution in [1.82, 2.24) is 4.90 Å². The first-order valence-corrected chi connectivity index (χ1v) is 8.43. The molecule has 0 aliphatic heterocycles. The molecule has 2 amide bonds. The SMILES string of the molecule is CCOc1ccccc1/C=C(\C#N)C(=O)Nc1ccc(C(=O)N(C)C)cc1. The predicted molar refractivity (Wildman–Crippen MR) is 104 cm³/mol. The number of para-hydroxylation sites is 1. The highest BCUT2D eigenvalue weighted by atomic mass is 16.5. The number of hydrogen-bond donors (Lipinski definition) is 1. The first-order chi connectivity index (χ1) is 13.0. The van der Waals surface area contributed by atoms with Crippen LogP contribution in [0.3, 0.4) is 0 Å². The highest BCUT2D eigenvalue weighted by molar-refractivity contribution is 6.10. The normalized spacial score (nSPS) is 10.7. The van der Waals surface area contributed by atoms with Crippen LogP contribution in [0.4, 0.5) is 5.69 Å². The van der Waals surface area contributed by atoms with E-state index in [0.717, 1.165) is 0 Å². The molecule has 0 fully saturated rings. The smallest absolute Gasteiger partial charge is 0.266 e. The number of nitriles is 1. The zero-order valence-electron chi connectivity index (χ0n) is 15.5. The molecule has 2 aromatic carbocycles. The Morgan fingerprint density at radius 1 is 1.15 bits per heavy atom. The van der Waals surface area contributed by atoms with Gasteiger partial charge in [0.25, 0.3) is 11.8 Å². The number of anilines is 1. The van der Waals surface area contributed by atoms with Crippen molar-refractivity contribution in [3.05, 3.63) is 65.2 Å². The van der Waals surface area contributed by atoms with Gasteiger partial charge in [0.2, 0.25) is 0 Å². The summed E-state index contributed by atoms with van der Waals surface area (Å²) in [6, 6.07) is 15.6. The van der Waals surface area contributed by atoms with Gasteiger partial charge in [-0.15, -0.1) is 0 Å². The van der Waals surface area contributed by atoms with E-state index in [9.17, 15) is 14.9 Å². The van der Waals surface area contributed by atoms with Gasteiger partial charge in [-0.3, -0.25) is 9.59 Å². The Morgan fingerprint density at radius 3 is 2.41 bits per heavy atom. The zero-order chi connectivity index (χ0) is 19.8. The summed E-state index contributed by atoms with van der Waals surface area (Å²) in [5.41, 5.74) is 1.61. The summed E-state index contributed by atoms with van der Waals surface area (Å²) in [4.78, 5) is 25.8. The van der Waals surface area contributed by atoms with Crippen LogP contribution in [0.25, 0.3) is 6.08 Å². The number of carbonyl (C=O) groups excluding carboxylic acids is 2. The van der Waals surface area contributed by atoms with E-state index in [-0.39, 0.29) is 11.5 Å². The average molecular weight is 363 g/mol. The molecule has 2 rings (SSSR count). The monoisotopic (exact) mass is 363 g/mol. The van der Waals surface area contributed by atoms with Crippen LogP contribution in [-0.4, -0.2) is 37.4 Å². The van der Waals surface area contributed by atoms with Crippen molar-refractivity contribution >= 4 is 23.6 Å². The maximum atomic E-state index is 12.4. The average Bonchev–Trinajstić information content (AvgIpc) is 2.67. The third-order valence-electron chi connectivity index (χ3n) is 3.68. The fourth-order valence-electron chi connectivity index (χ4n) is 2.34. The number of nitrogens with zero attached hydrogens (tertiary/aromatic N) is 2. The van der Waals surface area contributed by atoms with Crippen LogP contribution >= 0.6 is 0 Å². The fraction of sp³-hybridized carbons (Fsp3) is 0.190. The third-order valence-corrected chi connectivity index (χ3v) is 3.68. The number of ether oxygens (including phenoxy) is 1. The molecule has 0 atom stereocenters. The first kappa shape index (κ1) is 19.7. The molecule has 0 spiro atoms. The van der Waals surface area contributed by atoms with Crippen LogP contribution in [-0.2, 0) is 4.79 Å². The van der Waals surface area contributed by atoms with Gasteiger partial charge in [0, 0.05) is 30.9 Å². The van der Waals surface area contributed by atoms with E-state index in [4.69, 9.17) is 4.74 Å². The van der Waals surface area contributed by atoms with Crippen molar-refractivity contribution in [2.45, 2.75) is 6.92 Å². The number of amides is 2. The minimum atomic E-state index is -0.532. The van der Waals surface area contributed by atoms with Gasteiger partial charge in [0.05, 0.1) is 6.61 Å². The molecule has 0 aliphatic rings. The number of hydrogen-bond acceptors (Lipinski definition) is 4. The number of benzene rings is 2. The molecule has 0 radical (unpaired) electrons. The lowest BCUT2D eigenvalue weighted by atomic mass is 10.1. The van der Waals surface area contributed by atoms with Crippen molar-refractivity contribution in [3.63, 3.8) is 0 Å². The lowest BCUT2D eigenvalue weighted by Gasteiger charge is -2.11. The van der Waals surface area contributed by atoms with Crippen LogP contribution < -0.4 is 10.1 Å². The molecule has 0 bridgehead atoms. The van der Waals surface area contributed by atoms with Crippen molar-refractivity contribution in [1.29, 1.82) is 5.26 Å².